The van der Waals surface area contributed by atoms with Crippen molar-refractivity contribution in [2.75, 3.05) is 24.9 Å². The summed E-state index contributed by atoms with van der Waals surface area (Å²) >= 11 is 0. The summed E-state index contributed by atoms with van der Waals surface area (Å²) in [5, 5.41) is 8.17. The molecule has 1 unspecified atom stereocenters. The molecule has 2 amide bonds. The van der Waals surface area contributed by atoms with Gasteiger partial charge in [-0.2, -0.15) is 0 Å². The standard InChI is InChI=1S/C31H26N4O6/c1-16(30(37)34-19-7-5-18(6-8-19)33-17(2)36)41-20-9-11-24-23(15-20)21-13-14-32-27-22-10-12-25(39-3)29(40-4)26(22)31(38)35(24)28(21)27/h5-16H,1-4H3,(H,33,36)(H,34,37). The number of hydrogen-bond donors (Lipinski definition) is 2. The highest BCUT2D eigenvalue weighted by Gasteiger charge is 2.23. The Hall–Kier alpha value is -5.38. The smallest absolute Gasteiger partial charge is 0.267 e. The minimum Gasteiger partial charge on any atom is -0.493 e. The van der Waals surface area contributed by atoms with Crippen LogP contribution in [0.1, 0.15) is 13.8 Å². The Kier molecular flexibility index (Phi) is 6.30. The van der Waals surface area contributed by atoms with Gasteiger partial charge in [-0.1, -0.05) is 0 Å². The quantitative estimate of drug-likeness (QED) is 0.269. The molecule has 3 aromatic carbocycles. The number of aromatic nitrogens is 2. The lowest BCUT2D eigenvalue weighted by atomic mass is 10.1. The van der Waals surface area contributed by atoms with Gasteiger partial charge in [0.15, 0.2) is 17.6 Å². The Labute approximate surface area is 233 Å². The second-order valence-electron chi connectivity index (χ2n) is 9.61. The molecule has 0 saturated heterocycles. The summed E-state index contributed by atoms with van der Waals surface area (Å²) in [5.74, 6) is 0.772. The van der Waals surface area contributed by atoms with Crippen LogP contribution in [0.25, 0.3) is 38.1 Å². The van der Waals surface area contributed by atoms with Crippen molar-refractivity contribution in [1.82, 2.24) is 9.38 Å². The number of anilines is 2. The first kappa shape index (κ1) is 25.9. The van der Waals surface area contributed by atoms with Crippen LogP contribution < -0.4 is 30.4 Å². The van der Waals surface area contributed by atoms with E-state index in [1.807, 2.05) is 18.2 Å². The molecule has 0 aliphatic rings. The average Bonchev–Trinajstić information content (AvgIpc) is 3.30. The predicted molar refractivity (Wildman–Crippen MR) is 158 cm³/mol. The maximum atomic E-state index is 13.9. The maximum absolute atomic E-state index is 13.9. The molecule has 3 aromatic heterocycles. The molecule has 0 spiro atoms. The molecule has 0 aliphatic carbocycles. The number of benzene rings is 3. The molecule has 0 bridgehead atoms. The molecule has 6 rings (SSSR count). The number of nitrogens with one attached hydrogen (secondary N) is 2. The van der Waals surface area contributed by atoms with E-state index in [2.05, 4.69) is 15.6 Å². The molecule has 10 heteroatoms. The van der Waals surface area contributed by atoms with Gasteiger partial charge in [-0.05, 0) is 67.6 Å². The van der Waals surface area contributed by atoms with Crippen LogP contribution >= 0.6 is 0 Å². The molecule has 3 heterocycles. The third-order valence-electron chi connectivity index (χ3n) is 7.02. The summed E-state index contributed by atoms with van der Waals surface area (Å²) in [6.07, 6.45) is 0.893. The minimum atomic E-state index is -0.814. The van der Waals surface area contributed by atoms with Gasteiger partial charge in [-0.15, -0.1) is 0 Å². The van der Waals surface area contributed by atoms with Gasteiger partial charge in [0.25, 0.3) is 11.5 Å². The summed E-state index contributed by atoms with van der Waals surface area (Å²) in [7, 11) is 3.03. The summed E-state index contributed by atoms with van der Waals surface area (Å²) in [6.45, 7) is 3.09. The minimum absolute atomic E-state index is 0.174. The molecule has 206 valence electrons. The molecule has 0 saturated carbocycles. The Bertz CT molecular complexity index is 2030. The predicted octanol–water partition coefficient (Wildman–Crippen LogP) is 4.97. The van der Waals surface area contributed by atoms with E-state index in [1.54, 1.807) is 60.0 Å². The summed E-state index contributed by atoms with van der Waals surface area (Å²) in [4.78, 5) is 42.6. The molecule has 1 atom stereocenters. The Morgan fingerprint density at radius 2 is 1.61 bits per heavy atom. The first-order chi connectivity index (χ1) is 19.8. The van der Waals surface area contributed by atoms with Crippen molar-refractivity contribution in [3.8, 4) is 17.2 Å². The second-order valence-corrected chi connectivity index (χ2v) is 9.61. The van der Waals surface area contributed by atoms with E-state index in [0.717, 1.165) is 10.8 Å². The zero-order valence-corrected chi connectivity index (χ0v) is 22.8. The van der Waals surface area contributed by atoms with Gasteiger partial charge in [0.2, 0.25) is 5.91 Å². The van der Waals surface area contributed by atoms with E-state index in [-0.39, 0.29) is 17.4 Å². The number of ether oxygens (including phenoxy) is 3. The SMILES string of the molecule is COc1ccc2c(c1OC)c(=O)n1c3ccc(OC(C)C(=O)Nc4ccc(NC(C)=O)cc4)cc3c3ccnc2c31. The molecular formula is C31H26N4O6. The molecule has 10 nitrogen and oxygen atoms in total. The van der Waals surface area contributed by atoms with Crippen LogP contribution in [-0.4, -0.2) is 41.5 Å². The Balaban J connectivity index is 1.37. The van der Waals surface area contributed by atoms with Crippen molar-refractivity contribution in [2.24, 2.45) is 0 Å². The topological polar surface area (TPSA) is 120 Å². The molecule has 2 N–H and O–H groups in total. The summed E-state index contributed by atoms with van der Waals surface area (Å²) in [6, 6.07) is 17.6. The number of pyridine rings is 2. The van der Waals surface area contributed by atoms with Crippen LogP contribution in [0.15, 0.2) is 71.7 Å². The fourth-order valence-electron chi connectivity index (χ4n) is 5.22. The number of hydrogen-bond acceptors (Lipinski definition) is 7. The highest BCUT2D eigenvalue weighted by atomic mass is 16.5. The Morgan fingerprint density at radius 3 is 2.29 bits per heavy atom. The van der Waals surface area contributed by atoms with Crippen LogP contribution in [-0.2, 0) is 9.59 Å². The van der Waals surface area contributed by atoms with Crippen molar-refractivity contribution in [1.29, 1.82) is 0 Å². The van der Waals surface area contributed by atoms with E-state index in [0.29, 0.717) is 55.9 Å². The summed E-state index contributed by atoms with van der Waals surface area (Å²) in [5.41, 5.74) is 2.99. The number of nitrogens with zero attached hydrogens (tertiary/aromatic N) is 2. The lowest BCUT2D eigenvalue weighted by Gasteiger charge is -2.15. The maximum Gasteiger partial charge on any atom is 0.267 e. The van der Waals surface area contributed by atoms with Crippen LogP contribution in [0, 0.1) is 0 Å². The van der Waals surface area contributed by atoms with E-state index in [4.69, 9.17) is 14.2 Å². The molecule has 0 radical (unpaired) electrons. The zero-order chi connectivity index (χ0) is 28.8. The largest absolute Gasteiger partial charge is 0.493 e. The van der Waals surface area contributed by atoms with Gasteiger partial charge in [0.05, 0.1) is 36.2 Å². The van der Waals surface area contributed by atoms with Gasteiger partial charge >= 0.3 is 0 Å². The van der Waals surface area contributed by atoms with Crippen LogP contribution in [0.3, 0.4) is 0 Å². The highest BCUT2D eigenvalue weighted by Crippen LogP contribution is 2.39. The number of carbonyl (C=O) groups is 2. The van der Waals surface area contributed by atoms with Crippen molar-refractivity contribution in [2.45, 2.75) is 20.0 Å². The zero-order valence-electron chi connectivity index (χ0n) is 22.8. The van der Waals surface area contributed by atoms with Crippen LogP contribution in [0.2, 0.25) is 0 Å². The van der Waals surface area contributed by atoms with Gasteiger partial charge in [-0.25, -0.2) is 0 Å². The highest BCUT2D eigenvalue weighted by molar-refractivity contribution is 6.19. The van der Waals surface area contributed by atoms with E-state index < -0.39 is 6.10 Å². The molecule has 41 heavy (non-hydrogen) atoms. The molecule has 0 aliphatic heterocycles. The van der Waals surface area contributed by atoms with Crippen LogP contribution in [0.5, 0.6) is 17.2 Å². The fourth-order valence-corrected chi connectivity index (χ4v) is 5.22. The summed E-state index contributed by atoms with van der Waals surface area (Å²) < 4.78 is 18.7. The van der Waals surface area contributed by atoms with Crippen molar-refractivity contribution < 1.29 is 23.8 Å². The first-order valence-corrected chi connectivity index (χ1v) is 12.9. The fraction of sp³-hybridized carbons (Fsp3) is 0.161. The van der Waals surface area contributed by atoms with E-state index in [1.165, 1.54) is 21.1 Å². The molecular weight excluding hydrogens is 524 g/mol. The third kappa shape index (κ3) is 4.29. The number of fused-ring (bicyclic) bond motifs is 5. The van der Waals surface area contributed by atoms with Gasteiger partial charge in [0, 0.05) is 40.7 Å². The molecule has 0 fully saturated rings. The van der Waals surface area contributed by atoms with Crippen LogP contribution in [0.4, 0.5) is 11.4 Å². The normalized spacial score (nSPS) is 12.1. The number of amides is 2. The number of carbonyl (C=O) groups excluding carboxylic acids is 2. The third-order valence-corrected chi connectivity index (χ3v) is 7.02. The number of rotatable bonds is 7. The van der Waals surface area contributed by atoms with E-state index in [9.17, 15) is 14.4 Å². The lowest BCUT2D eigenvalue weighted by molar-refractivity contribution is -0.122. The second kappa shape index (κ2) is 9.98. The lowest BCUT2D eigenvalue weighted by Crippen LogP contribution is -2.30. The van der Waals surface area contributed by atoms with Gasteiger partial charge < -0.3 is 24.8 Å². The molecule has 6 aromatic rings. The van der Waals surface area contributed by atoms with Crippen molar-refractivity contribution in [3.63, 3.8) is 0 Å². The number of methoxy groups -OCH3 is 2. The van der Waals surface area contributed by atoms with Gasteiger partial charge in [-0.3, -0.25) is 23.8 Å². The van der Waals surface area contributed by atoms with Crippen molar-refractivity contribution >= 4 is 61.3 Å². The first-order valence-electron chi connectivity index (χ1n) is 12.9. The van der Waals surface area contributed by atoms with Crippen molar-refractivity contribution in [3.05, 3.63) is 77.2 Å². The Morgan fingerprint density at radius 1 is 0.878 bits per heavy atom. The van der Waals surface area contributed by atoms with E-state index >= 15 is 0 Å². The monoisotopic (exact) mass is 550 g/mol. The average molecular weight is 551 g/mol. The van der Waals surface area contributed by atoms with Gasteiger partial charge in [0.1, 0.15) is 5.75 Å².